The molecule has 0 radical (unpaired) electrons. The first-order valence-corrected chi connectivity index (χ1v) is 7.88. The third-order valence-electron chi connectivity index (χ3n) is 3.83. The molecule has 0 aliphatic heterocycles. The van der Waals surface area contributed by atoms with E-state index in [0.717, 1.165) is 36.1 Å². The second-order valence-electron chi connectivity index (χ2n) is 5.18. The van der Waals surface area contributed by atoms with E-state index >= 15 is 0 Å². The van der Waals surface area contributed by atoms with Crippen molar-refractivity contribution in [3.05, 3.63) is 29.3 Å². The number of Topliss-reactive ketones (excluding diaryl/α,β-unsaturated/α-hetero) is 1. The Kier molecular flexibility index (Phi) is 4.33. The lowest BCUT2D eigenvalue weighted by atomic mass is 10.0. The third kappa shape index (κ3) is 3.08. The van der Waals surface area contributed by atoms with Gasteiger partial charge in [-0.2, -0.15) is 0 Å². The van der Waals surface area contributed by atoms with E-state index in [-0.39, 0.29) is 17.5 Å². The van der Waals surface area contributed by atoms with E-state index in [2.05, 4.69) is 0 Å². The minimum Gasteiger partial charge on any atom is -0.298 e. The summed E-state index contributed by atoms with van der Waals surface area (Å²) in [7, 11) is -1.18. The minimum absolute atomic E-state index is 0.167. The molecule has 18 heavy (non-hydrogen) atoms. The molecule has 0 saturated heterocycles. The molecule has 1 aromatic carbocycles. The Morgan fingerprint density at radius 1 is 1.22 bits per heavy atom. The fraction of sp³-hybridized carbons (Fsp3) is 0.533. The molecule has 1 saturated carbocycles. The molecule has 1 fully saturated rings. The van der Waals surface area contributed by atoms with Crippen LogP contribution in [-0.4, -0.2) is 15.7 Å². The first-order chi connectivity index (χ1) is 8.58. The smallest absolute Gasteiger partial charge is 0.148 e. The van der Waals surface area contributed by atoms with Crippen LogP contribution in [0.2, 0.25) is 0 Å². The predicted octanol–water partition coefficient (Wildman–Crippen LogP) is 3.17. The van der Waals surface area contributed by atoms with Crippen LogP contribution >= 0.6 is 0 Å². The van der Waals surface area contributed by atoms with Crippen molar-refractivity contribution >= 4 is 16.6 Å². The molecule has 1 unspecified atom stereocenters. The molecule has 1 aliphatic rings. The first kappa shape index (κ1) is 13.5. The number of hydrogen-bond donors (Lipinski definition) is 0. The van der Waals surface area contributed by atoms with Crippen LogP contribution in [0.5, 0.6) is 0 Å². The van der Waals surface area contributed by atoms with Crippen LogP contribution in [0.15, 0.2) is 23.1 Å². The van der Waals surface area contributed by atoms with E-state index < -0.39 is 10.8 Å². The van der Waals surface area contributed by atoms with Gasteiger partial charge >= 0.3 is 0 Å². The summed E-state index contributed by atoms with van der Waals surface area (Å²) >= 11 is 0. The molecule has 0 amide bonds. The zero-order chi connectivity index (χ0) is 13.1. The summed E-state index contributed by atoms with van der Waals surface area (Å²) in [4.78, 5) is 12.8. The fourth-order valence-corrected chi connectivity index (χ4v) is 3.62. The number of benzene rings is 1. The standard InChI is InChI=1S/C15H20O2S/c1-11-7-8-14(9-12(11)2)18(17)10-15(16)13-5-3-4-6-13/h7-9,13H,3-6,10H2,1-2H3. The SMILES string of the molecule is Cc1ccc(S(=O)CC(=O)C2CCCC2)cc1C. The van der Waals surface area contributed by atoms with E-state index in [0.29, 0.717) is 0 Å². The molecule has 0 aromatic heterocycles. The van der Waals surface area contributed by atoms with E-state index in [1.165, 1.54) is 5.56 Å². The number of rotatable bonds is 4. The highest BCUT2D eigenvalue weighted by atomic mass is 32.2. The van der Waals surface area contributed by atoms with Crippen molar-refractivity contribution < 1.29 is 9.00 Å². The monoisotopic (exact) mass is 264 g/mol. The zero-order valence-corrected chi connectivity index (χ0v) is 11.9. The highest BCUT2D eigenvalue weighted by Gasteiger charge is 2.24. The summed E-state index contributed by atoms with van der Waals surface area (Å²) < 4.78 is 12.2. The van der Waals surface area contributed by atoms with Crippen molar-refractivity contribution in [1.29, 1.82) is 0 Å². The van der Waals surface area contributed by atoms with Gasteiger partial charge in [0, 0.05) is 10.8 Å². The highest BCUT2D eigenvalue weighted by molar-refractivity contribution is 7.85. The summed E-state index contributed by atoms with van der Waals surface area (Å²) in [6.45, 7) is 4.04. The number of aryl methyl sites for hydroxylation is 2. The van der Waals surface area contributed by atoms with Crippen LogP contribution in [0.4, 0.5) is 0 Å². The quantitative estimate of drug-likeness (QED) is 0.837. The molecule has 2 rings (SSSR count). The number of carbonyl (C=O) groups is 1. The van der Waals surface area contributed by atoms with Gasteiger partial charge in [0.05, 0.1) is 16.6 Å². The van der Waals surface area contributed by atoms with Gasteiger partial charge in [0.15, 0.2) is 0 Å². The van der Waals surface area contributed by atoms with Gasteiger partial charge in [-0.05, 0) is 49.9 Å². The van der Waals surface area contributed by atoms with Gasteiger partial charge in [-0.1, -0.05) is 18.9 Å². The van der Waals surface area contributed by atoms with Crippen molar-refractivity contribution in [2.24, 2.45) is 5.92 Å². The van der Waals surface area contributed by atoms with Crippen LogP contribution in [0, 0.1) is 19.8 Å². The average molecular weight is 264 g/mol. The molecule has 0 heterocycles. The Labute approximate surface area is 111 Å². The van der Waals surface area contributed by atoms with Crippen molar-refractivity contribution in [2.45, 2.75) is 44.4 Å². The number of ketones is 1. The lowest BCUT2D eigenvalue weighted by Crippen LogP contribution is -2.18. The molecular weight excluding hydrogens is 244 g/mol. The van der Waals surface area contributed by atoms with Crippen LogP contribution in [0.25, 0.3) is 0 Å². The van der Waals surface area contributed by atoms with Crippen molar-refractivity contribution in [1.82, 2.24) is 0 Å². The van der Waals surface area contributed by atoms with E-state index in [9.17, 15) is 9.00 Å². The second-order valence-corrected chi connectivity index (χ2v) is 6.63. The normalized spacial score (nSPS) is 17.9. The van der Waals surface area contributed by atoms with Crippen LogP contribution < -0.4 is 0 Å². The molecule has 1 atom stereocenters. The number of carbonyl (C=O) groups excluding carboxylic acids is 1. The summed E-state index contributed by atoms with van der Waals surface area (Å²) in [5, 5.41) is 0. The van der Waals surface area contributed by atoms with Crippen LogP contribution in [-0.2, 0) is 15.6 Å². The molecular formula is C15H20O2S. The summed E-state index contributed by atoms with van der Waals surface area (Å²) in [6, 6.07) is 5.79. The van der Waals surface area contributed by atoms with E-state index in [1.807, 2.05) is 32.0 Å². The molecule has 0 spiro atoms. The van der Waals surface area contributed by atoms with Gasteiger partial charge in [-0.15, -0.1) is 0 Å². The Balaban J connectivity index is 2.02. The first-order valence-electron chi connectivity index (χ1n) is 6.56. The Morgan fingerprint density at radius 3 is 2.50 bits per heavy atom. The highest BCUT2D eigenvalue weighted by Crippen LogP contribution is 2.26. The lowest BCUT2D eigenvalue weighted by Gasteiger charge is -2.08. The van der Waals surface area contributed by atoms with Gasteiger partial charge in [0.2, 0.25) is 0 Å². The van der Waals surface area contributed by atoms with Gasteiger partial charge in [-0.3, -0.25) is 9.00 Å². The zero-order valence-electron chi connectivity index (χ0n) is 11.1. The van der Waals surface area contributed by atoms with E-state index in [4.69, 9.17) is 0 Å². The molecule has 1 aromatic rings. The largest absolute Gasteiger partial charge is 0.298 e. The maximum Gasteiger partial charge on any atom is 0.148 e. The van der Waals surface area contributed by atoms with Crippen molar-refractivity contribution in [3.8, 4) is 0 Å². The average Bonchev–Trinajstić information content (AvgIpc) is 2.86. The summed E-state index contributed by atoms with van der Waals surface area (Å²) in [5.74, 6) is 0.539. The van der Waals surface area contributed by atoms with Crippen molar-refractivity contribution in [3.63, 3.8) is 0 Å². The van der Waals surface area contributed by atoms with E-state index in [1.54, 1.807) is 0 Å². The van der Waals surface area contributed by atoms with Gasteiger partial charge < -0.3 is 0 Å². The van der Waals surface area contributed by atoms with Crippen LogP contribution in [0.1, 0.15) is 36.8 Å². The molecule has 0 bridgehead atoms. The summed E-state index contributed by atoms with van der Waals surface area (Å²) in [5.41, 5.74) is 2.33. The van der Waals surface area contributed by atoms with Crippen LogP contribution in [0.3, 0.4) is 0 Å². The summed E-state index contributed by atoms with van der Waals surface area (Å²) in [6.07, 6.45) is 4.27. The fourth-order valence-electron chi connectivity index (χ4n) is 2.43. The maximum atomic E-state index is 12.2. The third-order valence-corrected chi connectivity index (χ3v) is 5.15. The second kappa shape index (κ2) is 5.79. The number of hydrogen-bond acceptors (Lipinski definition) is 2. The maximum absolute atomic E-state index is 12.2. The van der Waals surface area contributed by atoms with Gasteiger partial charge in [-0.25, -0.2) is 0 Å². The molecule has 2 nitrogen and oxygen atoms in total. The molecule has 3 heteroatoms. The molecule has 98 valence electrons. The minimum atomic E-state index is -1.18. The molecule has 0 N–H and O–H groups in total. The lowest BCUT2D eigenvalue weighted by molar-refractivity contribution is -0.120. The van der Waals surface area contributed by atoms with Crippen molar-refractivity contribution in [2.75, 3.05) is 5.75 Å². The van der Waals surface area contributed by atoms with Gasteiger partial charge in [0.1, 0.15) is 5.78 Å². The topological polar surface area (TPSA) is 34.1 Å². The van der Waals surface area contributed by atoms with Gasteiger partial charge in [0.25, 0.3) is 0 Å². The Bertz CT molecular complexity index is 473. The molecule has 1 aliphatic carbocycles. The Hall–Kier alpha value is -0.960. The Morgan fingerprint density at radius 2 is 1.89 bits per heavy atom. The predicted molar refractivity (Wildman–Crippen MR) is 74.2 cm³/mol.